The third kappa shape index (κ3) is 2.05. The lowest BCUT2D eigenvalue weighted by atomic mass is 10.0. The van der Waals surface area contributed by atoms with Gasteiger partial charge in [-0.2, -0.15) is 0 Å². The van der Waals surface area contributed by atoms with E-state index in [0.717, 1.165) is 5.56 Å². The van der Waals surface area contributed by atoms with Crippen molar-refractivity contribution in [3.63, 3.8) is 0 Å². The average Bonchev–Trinajstić information content (AvgIpc) is 2.04. The first-order chi connectivity index (χ1) is 6.02. The van der Waals surface area contributed by atoms with Crippen molar-refractivity contribution in [2.75, 3.05) is 0 Å². The van der Waals surface area contributed by atoms with Gasteiger partial charge >= 0.3 is 0 Å². The highest BCUT2D eigenvalue weighted by Crippen LogP contribution is 2.17. The van der Waals surface area contributed by atoms with Crippen LogP contribution in [0.15, 0.2) is 18.2 Å². The van der Waals surface area contributed by atoms with Crippen LogP contribution in [0.5, 0.6) is 0 Å². The van der Waals surface area contributed by atoms with Crippen LogP contribution in [0.1, 0.15) is 35.7 Å². The first-order valence-electron chi connectivity index (χ1n) is 4.11. The quantitative estimate of drug-likeness (QED) is 0.745. The van der Waals surface area contributed by atoms with Crippen molar-refractivity contribution in [1.82, 2.24) is 0 Å². The number of hydrogen-bond donors (Lipinski definition) is 1. The second-order valence-corrected chi connectivity index (χ2v) is 3.26. The van der Waals surface area contributed by atoms with Crippen LogP contribution in [0, 0.1) is 5.82 Å². The lowest BCUT2D eigenvalue weighted by Gasteiger charge is -2.06. The maximum atomic E-state index is 13.0. The molecule has 1 amide bonds. The van der Waals surface area contributed by atoms with Gasteiger partial charge in [-0.1, -0.05) is 19.9 Å². The summed E-state index contributed by atoms with van der Waals surface area (Å²) in [4.78, 5) is 10.8. The number of primary amides is 1. The van der Waals surface area contributed by atoms with Crippen LogP contribution in [-0.2, 0) is 0 Å². The number of halogens is 1. The number of carbonyl (C=O) groups excluding carboxylic acids is 1. The summed E-state index contributed by atoms with van der Waals surface area (Å²) < 4.78 is 13.0. The van der Waals surface area contributed by atoms with Gasteiger partial charge in [0.2, 0.25) is 0 Å². The Morgan fingerprint density at radius 2 is 2.08 bits per heavy atom. The minimum absolute atomic E-state index is 0.0359. The first kappa shape index (κ1) is 9.71. The zero-order valence-corrected chi connectivity index (χ0v) is 7.67. The average molecular weight is 181 g/mol. The first-order valence-corrected chi connectivity index (χ1v) is 4.11. The number of nitrogens with two attached hydrogens (primary N) is 1. The molecule has 0 unspecified atom stereocenters. The second kappa shape index (κ2) is 3.56. The predicted molar refractivity (Wildman–Crippen MR) is 49.0 cm³/mol. The molecular weight excluding hydrogens is 169 g/mol. The molecule has 0 aliphatic carbocycles. The Morgan fingerprint density at radius 1 is 1.46 bits per heavy atom. The van der Waals surface area contributed by atoms with Gasteiger partial charge in [-0.25, -0.2) is 4.39 Å². The minimum atomic E-state index is -0.722. The van der Waals surface area contributed by atoms with Crippen LogP contribution < -0.4 is 5.73 Å². The summed E-state index contributed by atoms with van der Waals surface area (Å²) in [6, 6.07) is 4.43. The van der Waals surface area contributed by atoms with E-state index in [2.05, 4.69) is 0 Å². The van der Waals surface area contributed by atoms with Crippen molar-refractivity contribution in [2.24, 2.45) is 5.73 Å². The molecule has 0 aliphatic rings. The van der Waals surface area contributed by atoms with Crippen LogP contribution in [-0.4, -0.2) is 5.91 Å². The van der Waals surface area contributed by atoms with E-state index in [1.54, 1.807) is 6.07 Å². The molecule has 2 N–H and O–H groups in total. The molecule has 13 heavy (non-hydrogen) atoms. The van der Waals surface area contributed by atoms with Gasteiger partial charge in [-0.3, -0.25) is 4.79 Å². The van der Waals surface area contributed by atoms with E-state index >= 15 is 0 Å². The molecule has 0 saturated heterocycles. The summed E-state index contributed by atoms with van der Waals surface area (Å²) in [5, 5.41) is 0. The third-order valence-corrected chi connectivity index (χ3v) is 1.92. The molecule has 2 nitrogen and oxygen atoms in total. The molecule has 1 aromatic carbocycles. The highest BCUT2D eigenvalue weighted by Gasteiger charge is 2.09. The summed E-state index contributed by atoms with van der Waals surface area (Å²) >= 11 is 0. The standard InChI is InChI=1S/C10H12FNO/c1-6(2)7-3-4-9(11)8(5-7)10(12)13/h3-6H,1-2H3,(H2,12,13). The fraction of sp³-hybridized carbons (Fsp3) is 0.300. The van der Waals surface area contributed by atoms with E-state index in [1.807, 2.05) is 13.8 Å². The maximum Gasteiger partial charge on any atom is 0.251 e. The SMILES string of the molecule is CC(C)c1ccc(F)c(C(N)=O)c1. The van der Waals surface area contributed by atoms with E-state index < -0.39 is 11.7 Å². The molecule has 0 heterocycles. The molecule has 0 saturated carbocycles. The lowest BCUT2D eigenvalue weighted by molar-refractivity contribution is 0.0996. The van der Waals surface area contributed by atoms with Gasteiger partial charge in [-0.05, 0) is 23.6 Å². The molecular formula is C10H12FNO. The molecule has 70 valence electrons. The zero-order chi connectivity index (χ0) is 10.0. The van der Waals surface area contributed by atoms with Crippen LogP contribution in [0.3, 0.4) is 0 Å². The Balaban J connectivity index is 3.19. The van der Waals surface area contributed by atoms with Crippen LogP contribution in [0.25, 0.3) is 0 Å². The van der Waals surface area contributed by atoms with Gasteiger partial charge in [0.05, 0.1) is 5.56 Å². The van der Waals surface area contributed by atoms with Crippen LogP contribution in [0.4, 0.5) is 4.39 Å². The number of hydrogen-bond acceptors (Lipinski definition) is 1. The van der Waals surface area contributed by atoms with Gasteiger partial charge in [0.15, 0.2) is 0 Å². The molecule has 0 aromatic heterocycles. The Hall–Kier alpha value is -1.38. The summed E-state index contributed by atoms with van der Waals surface area (Å²) in [6.45, 7) is 3.94. The number of benzene rings is 1. The highest BCUT2D eigenvalue weighted by molar-refractivity contribution is 5.93. The normalized spacial score (nSPS) is 10.5. The summed E-state index contributed by atoms with van der Waals surface area (Å²) in [6.07, 6.45) is 0. The molecule has 0 aliphatic heterocycles. The molecule has 0 fully saturated rings. The maximum absolute atomic E-state index is 13.0. The second-order valence-electron chi connectivity index (χ2n) is 3.26. The van der Waals surface area contributed by atoms with Gasteiger partial charge < -0.3 is 5.73 Å². The van der Waals surface area contributed by atoms with Crippen molar-refractivity contribution in [2.45, 2.75) is 19.8 Å². The minimum Gasteiger partial charge on any atom is -0.366 e. The third-order valence-electron chi connectivity index (χ3n) is 1.92. The zero-order valence-electron chi connectivity index (χ0n) is 7.67. The number of carbonyl (C=O) groups is 1. The van der Waals surface area contributed by atoms with Crippen molar-refractivity contribution in [3.8, 4) is 0 Å². The molecule has 0 bridgehead atoms. The van der Waals surface area contributed by atoms with Crippen LogP contribution in [0.2, 0.25) is 0 Å². The molecule has 1 rings (SSSR count). The molecule has 0 radical (unpaired) electrons. The molecule has 0 atom stereocenters. The highest BCUT2D eigenvalue weighted by atomic mass is 19.1. The topological polar surface area (TPSA) is 43.1 Å². The van der Waals surface area contributed by atoms with E-state index in [1.165, 1.54) is 12.1 Å². The number of rotatable bonds is 2. The Kier molecular flexibility index (Phi) is 2.66. The fourth-order valence-corrected chi connectivity index (χ4v) is 1.09. The molecule has 1 aromatic rings. The van der Waals surface area contributed by atoms with E-state index in [4.69, 9.17) is 5.73 Å². The largest absolute Gasteiger partial charge is 0.366 e. The summed E-state index contributed by atoms with van der Waals surface area (Å²) in [5.41, 5.74) is 5.88. The summed E-state index contributed by atoms with van der Waals surface area (Å²) in [5.74, 6) is -1.02. The van der Waals surface area contributed by atoms with E-state index in [9.17, 15) is 9.18 Å². The molecule has 3 heteroatoms. The van der Waals surface area contributed by atoms with E-state index in [-0.39, 0.29) is 11.5 Å². The van der Waals surface area contributed by atoms with Gasteiger partial charge in [0, 0.05) is 0 Å². The molecule has 0 spiro atoms. The summed E-state index contributed by atoms with van der Waals surface area (Å²) in [7, 11) is 0. The number of amides is 1. The van der Waals surface area contributed by atoms with E-state index in [0.29, 0.717) is 0 Å². The Morgan fingerprint density at radius 3 is 2.54 bits per heavy atom. The van der Waals surface area contributed by atoms with Crippen molar-refractivity contribution in [1.29, 1.82) is 0 Å². The van der Waals surface area contributed by atoms with Gasteiger partial charge in [-0.15, -0.1) is 0 Å². The van der Waals surface area contributed by atoms with Crippen LogP contribution >= 0.6 is 0 Å². The monoisotopic (exact) mass is 181 g/mol. The van der Waals surface area contributed by atoms with Crippen molar-refractivity contribution in [3.05, 3.63) is 35.1 Å². The Bertz CT molecular complexity index is 334. The van der Waals surface area contributed by atoms with Crippen molar-refractivity contribution >= 4 is 5.91 Å². The van der Waals surface area contributed by atoms with Crippen molar-refractivity contribution < 1.29 is 9.18 Å². The van der Waals surface area contributed by atoms with Gasteiger partial charge in [0.25, 0.3) is 5.91 Å². The lowest BCUT2D eigenvalue weighted by Crippen LogP contribution is -2.13. The van der Waals surface area contributed by atoms with Gasteiger partial charge in [0.1, 0.15) is 5.82 Å². The fourth-order valence-electron chi connectivity index (χ4n) is 1.09. The Labute approximate surface area is 76.6 Å². The predicted octanol–water partition coefficient (Wildman–Crippen LogP) is 2.05. The smallest absolute Gasteiger partial charge is 0.251 e.